The van der Waals surface area contributed by atoms with Gasteiger partial charge in [-0.3, -0.25) is 4.98 Å². The molecule has 2 aromatic carbocycles. The summed E-state index contributed by atoms with van der Waals surface area (Å²) in [6, 6.07) is 8.30. The normalized spacial score (nSPS) is 13.9. The number of nitrogens with zero attached hydrogens (tertiary/aromatic N) is 1. The number of aromatic nitrogens is 1. The molecule has 0 aliphatic heterocycles. The Hall–Kier alpha value is -2.67. The van der Waals surface area contributed by atoms with Gasteiger partial charge >= 0.3 is 0 Å². The van der Waals surface area contributed by atoms with Crippen LogP contribution in [0.3, 0.4) is 0 Å². The third-order valence-corrected chi connectivity index (χ3v) is 4.77. The first-order valence-electron chi connectivity index (χ1n) is 8.96. The summed E-state index contributed by atoms with van der Waals surface area (Å²) in [7, 11) is 0. The molecule has 1 saturated carbocycles. The summed E-state index contributed by atoms with van der Waals surface area (Å²) >= 11 is 0. The maximum Gasteiger partial charge on any atom is 0.266 e. The van der Waals surface area contributed by atoms with E-state index < -0.39 is 17.8 Å². The maximum absolute atomic E-state index is 13.8. The summed E-state index contributed by atoms with van der Waals surface area (Å²) in [5, 5.41) is 14.0. The zero-order valence-corrected chi connectivity index (χ0v) is 15.0. The lowest BCUT2D eigenvalue weighted by molar-refractivity contribution is 0.146. The van der Waals surface area contributed by atoms with Crippen molar-refractivity contribution in [3.63, 3.8) is 0 Å². The van der Waals surface area contributed by atoms with Gasteiger partial charge in [0.25, 0.3) is 6.43 Å². The van der Waals surface area contributed by atoms with Gasteiger partial charge < -0.3 is 10.4 Å². The fraction of sp³-hybridized carbons (Fsp3) is 0.286. The molecule has 2 N–H and O–H groups in total. The number of aromatic hydroxyl groups is 1. The minimum Gasteiger partial charge on any atom is -0.508 e. The molecule has 1 fully saturated rings. The lowest BCUT2D eigenvalue weighted by Gasteiger charge is -2.26. The molecular weight excluding hydrogens is 372 g/mol. The van der Waals surface area contributed by atoms with Crippen LogP contribution in [-0.2, 0) is 6.54 Å². The summed E-state index contributed by atoms with van der Waals surface area (Å²) < 4.78 is 50.0. The predicted octanol–water partition coefficient (Wildman–Crippen LogP) is 5.48. The Kier molecular flexibility index (Phi) is 6.46. The van der Waals surface area contributed by atoms with Crippen LogP contribution in [0.1, 0.15) is 36.8 Å². The number of phenolic OH excluding ortho intramolecular Hbond substituents is 1. The lowest BCUT2D eigenvalue weighted by Crippen LogP contribution is -2.34. The van der Waals surface area contributed by atoms with E-state index in [2.05, 4.69) is 10.3 Å². The summed E-state index contributed by atoms with van der Waals surface area (Å²) in [6.07, 6.45) is 4.38. The number of halogens is 4. The van der Waals surface area contributed by atoms with Crippen LogP contribution in [0, 0.1) is 11.6 Å². The van der Waals surface area contributed by atoms with Crippen molar-refractivity contribution in [1.82, 2.24) is 10.3 Å². The average molecular weight is 392 g/mol. The van der Waals surface area contributed by atoms with Gasteiger partial charge in [0.1, 0.15) is 17.4 Å². The van der Waals surface area contributed by atoms with E-state index in [0.29, 0.717) is 18.7 Å². The predicted molar refractivity (Wildman–Crippen MR) is 99.2 cm³/mol. The molecule has 0 radical (unpaired) electrons. The van der Waals surface area contributed by atoms with Crippen LogP contribution >= 0.6 is 0 Å². The highest BCUT2D eigenvalue weighted by molar-refractivity contribution is 5.84. The van der Waals surface area contributed by atoms with Gasteiger partial charge in [-0.15, -0.1) is 0 Å². The molecule has 7 heteroatoms. The van der Waals surface area contributed by atoms with Crippen LogP contribution in [0.4, 0.5) is 17.6 Å². The standard InChI is InChI=1S/C14H15FN2.C7H5F3O/c15-14-5-4-10-8-16-7-6-12(10)13(14)9-17-11-2-1-3-11;8-6-3-4(11)1-2-5(6)7(9)10/h4-8,11,17H,1-3,9H2;1-3,7,11H. The van der Waals surface area contributed by atoms with Crippen LogP contribution in [0.5, 0.6) is 5.75 Å². The highest BCUT2D eigenvalue weighted by Gasteiger charge is 2.17. The number of hydrogen-bond donors (Lipinski definition) is 2. The van der Waals surface area contributed by atoms with Crippen LogP contribution in [0.2, 0.25) is 0 Å². The molecule has 0 saturated heterocycles. The van der Waals surface area contributed by atoms with Gasteiger partial charge in [-0.25, -0.2) is 17.6 Å². The van der Waals surface area contributed by atoms with E-state index in [1.165, 1.54) is 25.3 Å². The summed E-state index contributed by atoms with van der Waals surface area (Å²) in [5.74, 6) is -1.57. The molecule has 4 rings (SSSR count). The molecule has 148 valence electrons. The summed E-state index contributed by atoms with van der Waals surface area (Å²) in [5.41, 5.74) is 0.0691. The van der Waals surface area contributed by atoms with E-state index in [1.54, 1.807) is 18.5 Å². The molecule has 1 aromatic heterocycles. The molecule has 28 heavy (non-hydrogen) atoms. The molecule has 3 nitrogen and oxygen atoms in total. The minimum atomic E-state index is -2.84. The Bertz CT molecular complexity index is 945. The summed E-state index contributed by atoms with van der Waals surface area (Å²) in [6.45, 7) is 0.609. The largest absolute Gasteiger partial charge is 0.508 e. The Morgan fingerprint density at radius 1 is 1.07 bits per heavy atom. The van der Waals surface area contributed by atoms with E-state index in [0.717, 1.165) is 28.5 Å². The van der Waals surface area contributed by atoms with Crippen molar-refractivity contribution in [3.8, 4) is 5.75 Å². The second kappa shape index (κ2) is 9.01. The number of nitrogens with one attached hydrogen (secondary N) is 1. The van der Waals surface area contributed by atoms with E-state index in [1.807, 2.05) is 6.07 Å². The Balaban J connectivity index is 0.000000178. The topological polar surface area (TPSA) is 45.2 Å². The Labute approximate surface area is 160 Å². The van der Waals surface area contributed by atoms with E-state index in [4.69, 9.17) is 5.11 Å². The highest BCUT2D eigenvalue weighted by Crippen LogP contribution is 2.25. The van der Waals surface area contributed by atoms with Crippen molar-refractivity contribution in [2.75, 3.05) is 0 Å². The van der Waals surface area contributed by atoms with Gasteiger partial charge in [0.2, 0.25) is 0 Å². The van der Waals surface area contributed by atoms with Crippen molar-refractivity contribution in [2.24, 2.45) is 0 Å². The lowest BCUT2D eigenvalue weighted by atomic mass is 9.93. The monoisotopic (exact) mass is 392 g/mol. The van der Waals surface area contributed by atoms with Gasteiger partial charge in [0.05, 0.1) is 5.56 Å². The van der Waals surface area contributed by atoms with Gasteiger partial charge in [-0.05, 0) is 48.6 Å². The fourth-order valence-corrected chi connectivity index (χ4v) is 2.94. The van der Waals surface area contributed by atoms with Crippen molar-refractivity contribution in [3.05, 3.63) is 71.6 Å². The molecule has 3 aromatic rings. The number of rotatable bonds is 4. The number of phenols is 1. The number of pyridine rings is 1. The SMILES string of the molecule is Fc1ccc2cnccc2c1CNC1CCC1.Oc1ccc(C(F)F)c(F)c1. The van der Waals surface area contributed by atoms with Gasteiger partial charge in [0, 0.05) is 42.0 Å². The van der Waals surface area contributed by atoms with Crippen LogP contribution in [0.15, 0.2) is 48.8 Å². The minimum absolute atomic E-state index is 0.129. The third kappa shape index (κ3) is 4.78. The molecule has 1 aliphatic rings. The van der Waals surface area contributed by atoms with Crippen LogP contribution in [0.25, 0.3) is 10.8 Å². The number of fused-ring (bicyclic) bond motifs is 1. The Morgan fingerprint density at radius 2 is 1.86 bits per heavy atom. The molecular formula is C21H20F4N2O. The van der Waals surface area contributed by atoms with Crippen molar-refractivity contribution in [2.45, 2.75) is 38.3 Å². The van der Waals surface area contributed by atoms with E-state index in [9.17, 15) is 17.6 Å². The number of hydrogen-bond acceptors (Lipinski definition) is 3. The zero-order valence-electron chi connectivity index (χ0n) is 15.0. The van der Waals surface area contributed by atoms with Crippen molar-refractivity contribution < 1.29 is 22.7 Å². The quantitative estimate of drug-likeness (QED) is 0.578. The van der Waals surface area contributed by atoms with E-state index in [-0.39, 0.29) is 11.6 Å². The smallest absolute Gasteiger partial charge is 0.266 e. The first-order valence-corrected chi connectivity index (χ1v) is 8.96. The molecule has 0 unspecified atom stereocenters. The molecule has 1 heterocycles. The summed E-state index contributed by atoms with van der Waals surface area (Å²) in [4.78, 5) is 4.06. The van der Waals surface area contributed by atoms with Gasteiger partial charge in [0.15, 0.2) is 0 Å². The van der Waals surface area contributed by atoms with Gasteiger partial charge in [-0.1, -0.05) is 6.42 Å². The average Bonchev–Trinajstić information content (AvgIpc) is 2.62. The fourth-order valence-electron chi connectivity index (χ4n) is 2.94. The molecule has 0 spiro atoms. The second-order valence-corrected chi connectivity index (χ2v) is 6.64. The molecule has 1 aliphatic carbocycles. The first-order chi connectivity index (χ1) is 13.5. The number of benzene rings is 2. The molecule has 0 atom stereocenters. The number of alkyl halides is 2. The first kappa shape index (κ1) is 20.1. The van der Waals surface area contributed by atoms with Crippen molar-refractivity contribution >= 4 is 10.8 Å². The third-order valence-electron chi connectivity index (χ3n) is 4.77. The van der Waals surface area contributed by atoms with Gasteiger partial charge in [-0.2, -0.15) is 0 Å². The maximum atomic E-state index is 13.8. The second-order valence-electron chi connectivity index (χ2n) is 6.64. The van der Waals surface area contributed by atoms with Crippen molar-refractivity contribution in [1.29, 1.82) is 0 Å². The van der Waals surface area contributed by atoms with E-state index >= 15 is 0 Å². The Morgan fingerprint density at radius 3 is 2.50 bits per heavy atom. The zero-order chi connectivity index (χ0) is 20.1. The molecule has 0 amide bonds. The van der Waals surface area contributed by atoms with Crippen LogP contribution in [-0.4, -0.2) is 16.1 Å². The molecule has 0 bridgehead atoms. The highest BCUT2D eigenvalue weighted by atomic mass is 19.3. The van der Waals surface area contributed by atoms with Crippen LogP contribution < -0.4 is 5.32 Å².